The number of rotatable bonds is 3. The van der Waals surface area contributed by atoms with Crippen LogP contribution in [0.2, 0.25) is 0 Å². The van der Waals surface area contributed by atoms with Crippen LogP contribution in [0.15, 0.2) is 57.7 Å². The standard InChI is InChI=1S/C20H18N4O2/c21-20(9-3-4-10-20)19-23-18(26-24-19)14-12-16(17-8-5-11-25-17)22-15-7-2-1-6-13(14)15/h1-2,5-8,11-12H,3-4,9-10,21H2. The fraction of sp³-hybridized carbons (Fsp3) is 0.250. The normalized spacial score (nSPS) is 16.3. The van der Waals surface area contributed by atoms with Gasteiger partial charge in [0.15, 0.2) is 11.6 Å². The predicted octanol–water partition coefficient (Wildman–Crippen LogP) is 4.27. The largest absolute Gasteiger partial charge is 0.463 e. The molecule has 4 aromatic rings. The van der Waals surface area contributed by atoms with E-state index in [4.69, 9.17) is 19.7 Å². The maximum absolute atomic E-state index is 6.48. The molecule has 0 atom stereocenters. The van der Waals surface area contributed by atoms with Crippen LogP contribution in [0, 0.1) is 0 Å². The molecule has 130 valence electrons. The second-order valence-electron chi connectivity index (χ2n) is 6.84. The van der Waals surface area contributed by atoms with Crippen LogP contribution in [-0.4, -0.2) is 15.1 Å². The highest BCUT2D eigenvalue weighted by Crippen LogP contribution is 2.37. The number of fused-ring (bicyclic) bond motifs is 1. The minimum atomic E-state index is -0.478. The number of hydrogen-bond donors (Lipinski definition) is 1. The van der Waals surface area contributed by atoms with Gasteiger partial charge in [0.1, 0.15) is 5.69 Å². The molecule has 0 aliphatic heterocycles. The van der Waals surface area contributed by atoms with Gasteiger partial charge in [-0.1, -0.05) is 36.2 Å². The lowest BCUT2D eigenvalue weighted by atomic mass is 9.98. The molecule has 3 heterocycles. The van der Waals surface area contributed by atoms with Gasteiger partial charge in [-0.15, -0.1) is 0 Å². The Labute approximate surface area is 150 Å². The van der Waals surface area contributed by atoms with E-state index in [2.05, 4.69) is 10.1 Å². The van der Waals surface area contributed by atoms with Gasteiger partial charge in [-0.05, 0) is 37.1 Å². The third-order valence-corrected chi connectivity index (χ3v) is 5.09. The predicted molar refractivity (Wildman–Crippen MR) is 97.1 cm³/mol. The van der Waals surface area contributed by atoms with Crippen molar-refractivity contribution in [2.75, 3.05) is 0 Å². The van der Waals surface area contributed by atoms with E-state index in [9.17, 15) is 0 Å². The van der Waals surface area contributed by atoms with Gasteiger partial charge in [-0.3, -0.25) is 0 Å². The zero-order chi connectivity index (χ0) is 17.6. The number of para-hydroxylation sites is 1. The Hall–Kier alpha value is -2.99. The molecule has 0 amide bonds. The Balaban J connectivity index is 1.67. The molecule has 1 aliphatic rings. The van der Waals surface area contributed by atoms with Crippen molar-refractivity contribution in [2.45, 2.75) is 31.2 Å². The van der Waals surface area contributed by atoms with Crippen LogP contribution in [0.1, 0.15) is 31.5 Å². The van der Waals surface area contributed by atoms with Crippen LogP contribution in [0.4, 0.5) is 0 Å². The number of nitrogens with two attached hydrogens (primary N) is 1. The second kappa shape index (κ2) is 5.78. The van der Waals surface area contributed by atoms with E-state index in [0.29, 0.717) is 17.5 Å². The van der Waals surface area contributed by atoms with Crippen molar-refractivity contribution in [2.24, 2.45) is 5.73 Å². The summed E-state index contributed by atoms with van der Waals surface area (Å²) in [5, 5.41) is 5.14. The highest BCUT2D eigenvalue weighted by molar-refractivity contribution is 5.94. The molecule has 5 rings (SSSR count). The van der Waals surface area contributed by atoms with Crippen molar-refractivity contribution >= 4 is 10.9 Å². The molecule has 6 heteroatoms. The third kappa shape index (κ3) is 2.42. The molecule has 3 aromatic heterocycles. The van der Waals surface area contributed by atoms with E-state index >= 15 is 0 Å². The summed E-state index contributed by atoms with van der Waals surface area (Å²) in [5.41, 5.74) is 8.41. The summed E-state index contributed by atoms with van der Waals surface area (Å²) in [7, 11) is 0. The van der Waals surface area contributed by atoms with E-state index in [1.807, 2.05) is 42.5 Å². The molecule has 0 radical (unpaired) electrons. The van der Waals surface area contributed by atoms with Gasteiger partial charge in [-0.2, -0.15) is 4.98 Å². The summed E-state index contributed by atoms with van der Waals surface area (Å²) in [6.07, 6.45) is 5.61. The minimum Gasteiger partial charge on any atom is -0.463 e. The van der Waals surface area contributed by atoms with Gasteiger partial charge in [0, 0.05) is 5.39 Å². The monoisotopic (exact) mass is 346 g/mol. The molecule has 0 saturated heterocycles. The van der Waals surface area contributed by atoms with E-state index in [-0.39, 0.29) is 0 Å². The van der Waals surface area contributed by atoms with Crippen molar-refractivity contribution in [3.63, 3.8) is 0 Å². The Bertz CT molecular complexity index is 1060. The Morgan fingerprint density at radius 2 is 1.85 bits per heavy atom. The molecule has 2 N–H and O–H groups in total. The molecular weight excluding hydrogens is 328 g/mol. The summed E-state index contributed by atoms with van der Waals surface area (Å²) in [4.78, 5) is 9.34. The SMILES string of the molecule is NC1(c2noc(-c3cc(-c4ccco4)nc4ccccc34)n2)CCCC1. The molecule has 1 saturated carbocycles. The average molecular weight is 346 g/mol. The van der Waals surface area contributed by atoms with Crippen LogP contribution in [0.5, 0.6) is 0 Å². The smallest absolute Gasteiger partial charge is 0.258 e. The molecule has 1 aliphatic carbocycles. The van der Waals surface area contributed by atoms with Crippen molar-refractivity contribution in [3.05, 3.63) is 54.6 Å². The summed E-state index contributed by atoms with van der Waals surface area (Å²) in [5.74, 6) is 1.75. The number of hydrogen-bond acceptors (Lipinski definition) is 6. The minimum absolute atomic E-state index is 0.461. The summed E-state index contributed by atoms with van der Waals surface area (Å²) in [6, 6.07) is 13.5. The molecule has 1 aromatic carbocycles. The lowest BCUT2D eigenvalue weighted by Crippen LogP contribution is -2.34. The van der Waals surface area contributed by atoms with Gasteiger partial charge < -0.3 is 14.7 Å². The first kappa shape index (κ1) is 15.3. The Morgan fingerprint density at radius 3 is 2.65 bits per heavy atom. The lowest BCUT2D eigenvalue weighted by molar-refractivity contribution is 0.373. The van der Waals surface area contributed by atoms with Crippen molar-refractivity contribution in [3.8, 4) is 22.9 Å². The second-order valence-corrected chi connectivity index (χ2v) is 6.84. The van der Waals surface area contributed by atoms with Crippen molar-refractivity contribution in [1.82, 2.24) is 15.1 Å². The van der Waals surface area contributed by atoms with E-state index in [0.717, 1.165) is 47.8 Å². The van der Waals surface area contributed by atoms with Gasteiger partial charge in [0.2, 0.25) is 0 Å². The number of pyridine rings is 1. The van der Waals surface area contributed by atoms with Gasteiger partial charge in [0.25, 0.3) is 5.89 Å². The van der Waals surface area contributed by atoms with Crippen LogP contribution in [0.3, 0.4) is 0 Å². The number of furan rings is 1. The summed E-state index contributed by atoms with van der Waals surface area (Å²) in [6.45, 7) is 0. The van der Waals surface area contributed by atoms with E-state index < -0.39 is 5.54 Å². The first-order valence-electron chi connectivity index (χ1n) is 8.80. The lowest BCUT2D eigenvalue weighted by Gasteiger charge is -2.17. The number of aromatic nitrogens is 3. The summed E-state index contributed by atoms with van der Waals surface area (Å²) < 4.78 is 11.1. The maximum Gasteiger partial charge on any atom is 0.258 e. The van der Waals surface area contributed by atoms with E-state index in [1.54, 1.807) is 6.26 Å². The van der Waals surface area contributed by atoms with Crippen LogP contribution in [-0.2, 0) is 5.54 Å². The first-order chi connectivity index (χ1) is 12.7. The molecule has 6 nitrogen and oxygen atoms in total. The molecule has 0 bridgehead atoms. The van der Waals surface area contributed by atoms with Gasteiger partial charge in [0.05, 0.1) is 22.9 Å². The average Bonchev–Trinajstić information content (AvgIpc) is 3.42. The highest BCUT2D eigenvalue weighted by Gasteiger charge is 2.36. The topological polar surface area (TPSA) is 91.0 Å². The number of nitrogens with zero attached hydrogens (tertiary/aromatic N) is 3. The Kier molecular flexibility index (Phi) is 3.39. The first-order valence-corrected chi connectivity index (χ1v) is 8.80. The van der Waals surface area contributed by atoms with Crippen LogP contribution in [0.25, 0.3) is 33.8 Å². The fourth-order valence-corrected chi connectivity index (χ4v) is 3.67. The maximum atomic E-state index is 6.48. The Morgan fingerprint density at radius 1 is 1.00 bits per heavy atom. The van der Waals surface area contributed by atoms with E-state index in [1.165, 1.54) is 0 Å². The van der Waals surface area contributed by atoms with Crippen LogP contribution < -0.4 is 5.73 Å². The van der Waals surface area contributed by atoms with Crippen molar-refractivity contribution < 1.29 is 8.94 Å². The molecule has 0 spiro atoms. The zero-order valence-electron chi connectivity index (χ0n) is 14.2. The molecular formula is C20H18N4O2. The molecule has 0 unspecified atom stereocenters. The number of benzene rings is 1. The molecule has 26 heavy (non-hydrogen) atoms. The third-order valence-electron chi connectivity index (χ3n) is 5.09. The van der Waals surface area contributed by atoms with Crippen molar-refractivity contribution in [1.29, 1.82) is 0 Å². The van der Waals surface area contributed by atoms with Crippen LogP contribution >= 0.6 is 0 Å². The zero-order valence-corrected chi connectivity index (χ0v) is 14.2. The van der Waals surface area contributed by atoms with Gasteiger partial charge >= 0.3 is 0 Å². The quantitative estimate of drug-likeness (QED) is 0.595. The molecule has 1 fully saturated rings. The highest BCUT2D eigenvalue weighted by atomic mass is 16.5. The van der Waals surface area contributed by atoms with Gasteiger partial charge in [-0.25, -0.2) is 4.98 Å². The fourth-order valence-electron chi connectivity index (χ4n) is 3.67. The summed E-state index contributed by atoms with van der Waals surface area (Å²) >= 11 is 0.